The lowest BCUT2D eigenvalue weighted by Gasteiger charge is -2.37. The molecule has 0 aliphatic carbocycles. The lowest BCUT2D eigenvalue weighted by Crippen LogP contribution is -2.55. The third-order valence-corrected chi connectivity index (χ3v) is 8.27. The minimum atomic E-state index is -0.585. The second-order valence-electron chi connectivity index (χ2n) is 7.99. The van der Waals surface area contributed by atoms with Gasteiger partial charge in [0.2, 0.25) is 0 Å². The molecule has 0 spiro atoms. The van der Waals surface area contributed by atoms with Crippen molar-refractivity contribution in [1.29, 1.82) is 0 Å². The van der Waals surface area contributed by atoms with Crippen LogP contribution >= 0.6 is 46.3 Å². The molecule has 10 nitrogen and oxygen atoms in total. The van der Waals surface area contributed by atoms with Crippen molar-refractivity contribution in [1.82, 2.24) is 20.6 Å². The minimum absolute atomic E-state index is 0.0487. The molecule has 1 fully saturated rings. The van der Waals surface area contributed by atoms with Crippen molar-refractivity contribution in [2.45, 2.75) is 32.4 Å². The van der Waals surface area contributed by atoms with E-state index in [2.05, 4.69) is 20.6 Å². The Kier molecular flexibility index (Phi) is 10.3. The molecule has 198 valence electrons. The third-order valence-electron chi connectivity index (χ3n) is 5.61. The molecule has 14 heteroatoms. The standard InChI is InChI=1S/C22H29Cl2N5O5S2/c1-5-34-21(32)18-17(19(30)25-7-9-35-4)28-22(36-18)29-8-6-12(13(10-29)33-3)27-20(31)16-15(24)14(23)11(2)26-16/h12-13,26H,5-10H2,1-4H3,(H,25,30)(H,27,31)/t12-,13+/m1/s1. The number of esters is 1. The molecule has 2 aromatic rings. The predicted octanol–water partition coefficient (Wildman–Crippen LogP) is 3.38. The van der Waals surface area contributed by atoms with E-state index < -0.39 is 11.9 Å². The van der Waals surface area contributed by atoms with Crippen molar-refractivity contribution in [2.24, 2.45) is 0 Å². The van der Waals surface area contributed by atoms with Crippen molar-refractivity contribution in [3.05, 3.63) is 32.0 Å². The molecule has 0 bridgehead atoms. The Hall–Kier alpha value is -1.99. The molecule has 2 amide bonds. The number of thiazole rings is 1. The number of rotatable bonds is 10. The molecule has 3 N–H and O–H groups in total. The molecule has 0 radical (unpaired) electrons. The van der Waals surface area contributed by atoms with Gasteiger partial charge in [0, 0.05) is 38.2 Å². The molecule has 2 aromatic heterocycles. The molecular formula is C22H29Cl2N5O5S2. The summed E-state index contributed by atoms with van der Waals surface area (Å²) in [4.78, 5) is 47.6. The number of nitrogens with one attached hydrogen (secondary N) is 3. The van der Waals surface area contributed by atoms with Crippen molar-refractivity contribution in [2.75, 3.05) is 50.3 Å². The Morgan fingerprint density at radius 2 is 2.03 bits per heavy atom. The summed E-state index contributed by atoms with van der Waals surface area (Å²) in [5.74, 6) is -0.639. The summed E-state index contributed by atoms with van der Waals surface area (Å²) < 4.78 is 10.8. The van der Waals surface area contributed by atoms with Gasteiger partial charge in [-0.2, -0.15) is 11.8 Å². The summed E-state index contributed by atoms with van der Waals surface area (Å²) in [6, 6.07) is -0.295. The van der Waals surface area contributed by atoms with Crippen LogP contribution in [0, 0.1) is 6.92 Å². The maximum Gasteiger partial charge on any atom is 0.350 e. The normalized spacial score (nSPS) is 17.7. The zero-order valence-corrected chi connectivity index (χ0v) is 23.6. The number of anilines is 1. The largest absolute Gasteiger partial charge is 0.462 e. The monoisotopic (exact) mass is 577 g/mol. The van der Waals surface area contributed by atoms with Gasteiger partial charge in [-0.1, -0.05) is 34.5 Å². The number of carbonyl (C=O) groups excluding carboxylic acids is 3. The van der Waals surface area contributed by atoms with Gasteiger partial charge in [0.05, 0.1) is 28.8 Å². The first-order valence-electron chi connectivity index (χ1n) is 11.3. The average Bonchev–Trinajstić information content (AvgIpc) is 3.42. The van der Waals surface area contributed by atoms with E-state index in [1.54, 1.807) is 32.7 Å². The Morgan fingerprint density at radius 1 is 1.28 bits per heavy atom. The molecule has 36 heavy (non-hydrogen) atoms. The van der Waals surface area contributed by atoms with Gasteiger partial charge in [-0.25, -0.2) is 9.78 Å². The van der Waals surface area contributed by atoms with Crippen LogP contribution in [-0.4, -0.2) is 85.3 Å². The van der Waals surface area contributed by atoms with E-state index in [1.165, 1.54) is 0 Å². The number of amides is 2. The predicted molar refractivity (Wildman–Crippen MR) is 143 cm³/mol. The summed E-state index contributed by atoms with van der Waals surface area (Å²) in [6.45, 7) is 5.00. The molecule has 2 atom stereocenters. The number of H-pyrrole nitrogens is 1. The minimum Gasteiger partial charge on any atom is -0.462 e. The number of aryl methyl sites for hydroxylation is 1. The van der Waals surface area contributed by atoms with Gasteiger partial charge in [-0.05, 0) is 26.5 Å². The molecule has 3 heterocycles. The fourth-order valence-electron chi connectivity index (χ4n) is 3.75. The zero-order valence-electron chi connectivity index (χ0n) is 20.4. The molecule has 1 aliphatic heterocycles. The first kappa shape index (κ1) is 28.6. The third kappa shape index (κ3) is 6.46. The maximum absolute atomic E-state index is 12.8. The number of carbonyl (C=O) groups is 3. The second kappa shape index (κ2) is 13.0. The maximum atomic E-state index is 12.8. The van der Waals surface area contributed by atoms with E-state index in [9.17, 15) is 14.4 Å². The number of hydrogen-bond donors (Lipinski definition) is 3. The van der Waals surface area contributed by atoms with Crippen LogP contribution in [0.5, 0.6) is 0 Å². The van der Waals surface area contributed by atoms with E-state index in [4.69, 9.17) is 32.7 Å². The second-order valence-corrected chi connectivity index (χ2v) is 10.7. The SMILES string of the molecule is CCOC(=O)c1sc(N2CC[C@@H](NC(=O)c3[nH]c(C)c(Cl)c3Cl)[C@@H](OC)C2)nc1C(=O)NCCSC. The lowest BCUT2D eigenvalue weighted by molar-refractivity contribution is 0.0527. The number of hydrogen-bond acceptors (Lipinski definition) is 9. The number of aromatic amines is 1. The molecular weight excluding hydrogens is 549 g/mol. The molecule has 3 rings (SSSR count). The van der Waals surface area contributed by atoms with E-state index in [-0.39, 0.29) is 45.9 Å². The first-order valence-corrected chi connectivity index (χ1v) is 14.3. The summed E-state index contributed by atoms with van der Waals surface area (Å²) in [5, 5.41) is 6.76. The van der Waals surface area contributed by atoms with Crippen LogP contribution in [0.2, 0.25) is 10.0 Å². The van der Waals surface area contributed by atoms with Crippen LogP contribution in [0.3, 0.4) is 0 Å². The van der Waals surface area contributed by atoms with E-state index in [1.807, 2.05) is 11.2 Å². The fourth-order valence-corrected chi connectivity index (χ4v) is 5.46. The summed E-state index contributed by atoms with van der Waals surface area (Å²) in [5.41, 5.74) is 0.861. The molecule has 0 aromatic carbocycles. The first-order chi connectivity index (χ1) is 17.2. The highest BCUT2D eigenvalue weighted by Crippen LogP contribution is 2.31. The quantitative estimate of drug-likeness (QED) is 0.290. The van der Waals surface area contributed by atoms with Crippen molar-refractivity contribution in [3.63, 3.8) is 0 Å². The molecule has 0 saturated carbocycles. The number of halogens is 2. The van der Waals surface area contributed by atoms with Gasteiger partial charge in [0.1, 0.15) is 10.6 Å². The van der Waals surface area contributed by atoms with Gasteiger partial charge in [-0.15, -0.1) is 0 Å². The van der Waals surface area contributed by atoms with Crippen molar-refractivity contribution in [3.8, 4) is 0 Å². The van der Waals surface area contributed by atoms with E-state index in [0.717, 1.165) is 17.1 Å². The van der Waals surface area contributed by atoms with Gasteiger partial charge < -0.3 is 30.0 Å². The number of nitrogens with zero attached hydrogens (tertiary/aromatic N) is 2. The fraction of sp³-hybridized carbons (Fsp3) is 0.545. The highest BCUT2D eigenvalue weighted by Gasteiger charge is 2.34. The number of aromatic nitrogens is 2. The van der Waals surface area contributed by atoms with Gasteiger partial charge >= 0.3 is 5.97 Å². The van der Waals surface area contributed by atoms with Gasteiger partial charge in [-0.3, -0.25) is 9.59 Å². The summed E-state index contributed by atoms with van der Waals surface area (Å²) in [6.07, 6.45) is 2.11. The van der Waals surface area contributed by atoms with Gasteiger partial charge in [0.15, 0.2) is 10.8 Å². The van der Waals surface area contributed by atoms with Crippen molar-refractivity contribution >= 4 is 69.2 Å². The van der Waals surface area contributed by atoms with Crippen LogP contribution < -0.4 is 15.5 Å². The Bertz CT molecular complexity index is 1110. The number of thioether (sulfide) groups is 1. The Balaban J connectivity index is 1.75. The Labute approximate surface area is 227 Å². The van der Waals surface area contributed by atoms with Crippen LogP contribution in [0.15, 0.2) is 0 Å². The lowest BCUT2D eigenvalue weighted by atomic mass is 10.0. The topological polar surface area (TPSA) is 126 Å². The van der Waals surface area contributed by atoms with Gasteiger partial charge in [0.25, 0.3) is 11.8 Å². The number of methoxy groups -OCH3 is 1. The molecule has 1 saturated heterocycles. The number of piperidine rings is 1. The van der Waals surface area contributed by atoms with E-state index >= 15 is 0 Å². The number of ether oxygens (including phenoxy) is 2. The van der Waals surface area contributed by atoms with Crippen LogP contribution in [-0.2, 0) is 9.47 Å². The van der Waals surface area contributed by atoms with Crippen LogP contribution in [0.4, 0.5) is 5.13 Å². The summed E-state index contributed by atoms with van der Waals surface area (Å²) >= 11 is 15.0. The molecule has 0 unspecified atom stereocenters. The highest BCUT2D eigenvalue weighted by molar-refractivity contribution is 7.98. The summed E-state index contributed by atoms with van der Waals surface area (Å²) in [7, 11) is 1.56. The average molecular weight is 579 g/mol. The van der Waals surface area contributed by atoms with Crippen LogP contribution in [0.1, 0.15) is 49.7 Å². The highest BCUT2D eigenvalue weighted by atomic mass is 35.5. The smallest absolute Gasteiger partial charge is 0.350 e. The van der Waals surface area contributed by atoms with Crippen LogP contribution in [0.25, 0.3) is 0 Å². The van der Waals surface area contributed by atoms with E-state index in [0.29, 0.717) is 41.9 Å². The molecule has 1 aliphatic rings. The zero-order chi connectivity index (χ0) is 26.4. The van der Waals surface area contributed by atoms with Crippen molar-refractivity contribution < 1.29 is 23.9 Å². The Morgan fingerprint density at radius 3 is 2.64 bits per heavy atom.